The molecule has 20 heavy (non-hydrogen) atoms. The van der Waals surface area contributed by atoms with Crippen molar-refractivity contribution in [1.29, 1.82) is 0 Å². The van der Waals surface area contributed by atoms with Gasteiger partial charge < -0.3 is 16.2 Å². The van der Waals surface area contributed by atoms with Crippen LogP contribution in [0.3, 0.4) is 0 Å². The Labute approximate surface area is 124 Å². The summed E-state index contributed by atoms with van der Waals surface area (Å²) in [5.41, 5.74) is 4.92. The molecule has 108 valence electrons. The molecule has 0 radical (unpaired) electrons. The zero-order valence-electron chi connectivity index (χ0n) is 10.3. The number of carbonyl (C=O) groups excluding carboxylic acids is 2. The molecule has 0 aromatic heterocycles. The average molecular weight is 317 g/mol. The SMILES string of the molecule is NC(=O)CC(NC(=O)CSc1ccccc1Cl)C(=O)O. The van der Waals surface area contributed by atoms with Gasteiger partial charge in [0.05, 0.1) is 17.2 Å². The van der Waals surface area contributed by atoms with Crippen molar-refractivity contribution in [1.82, 2.24) is 5.32 Å². The zero-order valence-corrected chi connectivity index (χ0v) is 11.9. The molecule has 0 saturated carbocycles. The van der Waals surface area contributed by atoms with Crippen LogP contribution in [0.25, 0.3) is 0 Å². The van der Waals surface area contributed by atoms with E-state index in [2.05, 4.69) is 5.32 Å². The molecule has 1 aromatic rings. The van der Waals surface area contributed by atoms with Gasteiger partial charge in [-0.15, -0.1) is 11.8 Å². The van der Waals surface area contributed by atoms with Crippen LogP contribution >= 0.6 is 23.4 Å². The Balaban J connectivity index is 2.52. The van der Waals surface area contributed by atoms with Gasteiger partial charge in [-0.05, 0) is 12.1 Å². The number of primary amides is 1. The van der Waals surface area contributed by atoms with Gasteiger partial charge in [0.1, 0.15) is 6.04 Å². The van der Waals surface area contributed by atoms with Crippen molar-refractivity contribution in [3.63, 3.8) is 0 Å². The number of aliphatic carboxylic acids is 1. The fourth-order valence-electron chi connectivity index (χ4n) is 1.34. The first-order valence-corrected chi connectivity index (χ1v) is 6.94. The molecular formula is C12H13ClN2O4S. The third-order valence-electron chi connectivity index (χ3n) is 2.23. The molecule has 0 bridgehead atoms. The minimum Gasteiger partial charge on any atom is -0.480 e. The maximum absolute atomic E-state index is 11.6. The Morgan fingerprint density at radius 3 is 2.55 bits per heavy atom. The molecule has 1 unspecified atom stereocenters. The van der Waals surface area contributed by atoms with Crippen molar-refractivity contribution in [2.24, 2.45) is 5.73 Å². The van der Waals surface area contributed by atoms with E-state index in [0.717, 1.165) is 0 Å². The van der Waals surface area contributed by atoms with E-state index < -0.39 is 30.2 Å². The molecule has 0 saturated heterocycles. The smallest absolute Gasteiger partial charge is 0.326 e. The largest absolute Gasteiger partial charge is 0.480 e. The molecular weight excluding hydrogens is 304 g/mol. The first-order chi connectivity index (χ1) is 9.40. The van der Waals surface area contributed by atoms with Gasteiger partial charge in [0.25, 0.3) is 0 Å². The summed E-state index contributed by atoms with van der Waals surface area (Å²) in [6, 6.07) is 5.67. The number of carbonyl (C=O) groups is 3. The van der Waals surface area contributed by atoms with Crippen LogP contribution in [0.1, 0.15) is 6.42 Å². The Morgan fingerprint density at radius 1 is 1.35 bits per heavy atom. The van der Waals surface area contributed by atoms with Crippen molar-refractivity contribution in [3.05, 3.63) is 29.3 Å². The highest BCUT2D eigenvalue weighted by atomic mass is 35.5. The molecule has 1 rings (SSSR count). The minimum atomic E-state index is -1.31. The molecule has 0 heterocycles. The number of carboxylic acids is 1. The normalized spacial score (nSPS) is 11.7. The zero-order chi connectivity index (χ0) is 15.1. The van der Waals surface area contributed by atoms with E-state index >= 15 is 0 Å². The van der Waals surface area contributed by atoms with Crippen molar-refractivity contribution in [2.45, 2.75) is 17.4 Å². The minimum absolute atomic E-state index is 0.00766. The Hall–Kier alpha value is -1.73. The predicted octanol–water partition coefficient (Wildman–Crippen LogP) is 0.877. The summed E-state index contributed by atoms with van der Waals surface area (Å²) in [6.45, 7) is 0. The maximum Gasteiger partial charge on any atom is 0.326 e. The van der Waals surface area contributed by atoms with Crippen LogP contribution in [-0.2, 0) is 14.4 Å². The molecule has 0 spiro atoms. The number of thioether (sulfide) groups is 1. The first-order valence-electron chi connectivity index (χ1n) is 5.58. The van der Waals surface area contributed by atoms with Gasteiger partial charge in [-0.1, -0.05) is 23.7 Å². The molecule has 4 N–H and O–H groups in total. The monoisotopic (exact) mass is 316 g/mol. The van der Waals surface area contributed by atoms with Crippen molar-refractivity contribution >= 4 is 41.1 Å². The second-order valence-corrected chi connectivity index (χ2v) is 5.27. The molecule has 0 aliphatic carbocycles. The summed E-state index contributed by atoms with van der Waals surface area (Å²) >= 11 is 7.10. The fourth-order valence-corrected chi connectivity index (χ4v) is 2.39. The summed E-state index contributed by atoms with van der Waals surface area (Å²) in [4.78, 5) is 33.9. The standard InChI is InChI=1S/C12H13ClN2O4S/c13-7-3-1-2-4-9(7)20-6-11(17)15-8(12(18)19)5-10(14)16/h1-4,8H,5-6H2,(H2,14,16)(H,15,17)(H,18,19). The fraction of sp³-hybridized carbons (Fsp3) is 0.250. The van der Waals surface area contributed by atoms with Crippen LogP contribution in [0.2, 0.25) is 5.02 Å². The van der Waals surface area contributed by atoms with Crippen LogP contribution in [0.5, 0.6) is 0 Å². The topological polar surface area (TPSA) is 109 Å². The van der Waals surface area contributed by atoms with Gasteiger partial charge in [-0.3, -0.25) is 9.59 Å². The third-order valence-corrected chi connectivity index (χ3v) is 3.75. The average Bonchev–Trinajstić information content (AvgIpc) is 2.36. The molecule has 0 fully saturated rings. The number of rotatable bonds is 7. The lowest BCUT2D eigenvalue weighted by molar-refractivity contribution is -0.143. The molecule has 0 aliphatic rings. The number of halogens is 1. The van der Waals surface area contributed by atoms with Gasteiger partial charge in [-0.2, -0.15) is 0 Å². The number of nitrogens with one attached hydrogen (secondary N) is 1. The van der Waals surface area contributed by atoms with Crippen LogP contribution < -0.4 is 11.1 Å². The van der Waals surface area contributed by atoms with Crippen LogP contribution in [0.4, 0.5) is 0 Å². The summed E-state index contributed by atoms with van der Waals surface area (Å²) in [6.07, 6.45) is -0.447. The Kier molecular flexibility index (Phi) is 6.33. The number of amides is 2. The number of hydrogen-bond donors (Lipinski definition) is 3. The van der Waals surface area contributed by atoms with E-state index in [0.29, 0.717) is 9.92 Å². The molecule has 1 aromatic carbocycles. The molecule has 8 heteroatoms. The summed E-state index contributed by atoms with van der Waals surface area (Å²) in [5, 5.41) is 11.6. The van der Waals surface area contributed by atoms with Crippen molar-refractivity contribution in [3.8, 4) is 0 Å². The molecule has 1 atom stereocenters. The molecule has 0 aliphatic heterocycles. The number of nitrogens with two attached hydrogens (primary N) is 1. The second-order valence-electron chi connectivity index (χ2n) is 3.85. The quantitative estimate of drug-likeness (QED) is 0.647. The van der Waals surface area contributed by atoms with E-state index in [1.54, 1.807) is 24.3 Å². The van der Waals surface area contributed by atoms with Gasteiger partial charge in [-0.25, -0.2) is 4.79 Å². The van der Waals surface area contributed by atoms with Gasteiger partial charge >= 0.3 is 5.97 Å². The third kappa shape index (κ3) is 5.50. The van der Waals surface area contributed by atoms with Gasteiger partial charge in [0.15, 0.2) is 0 Å². The summed E-state index contributed by atoms with van der Waals surface area (Å²) in [7, 11) is 0. The Morgan fingerprint density at radius 2 is 2.00 bits per heavy atom. The van der Waals surface area contributed by atoms with E-state index in [1.807, 2.05) is 0 Å². The van der Waals surface area contributed by atoms with Gasteiger partial charge in [0, 0.05) is 4.90 Å². The maximum atomic E-state index is 11.6. The van der Waals surface area contributed by atoms with Crippen molar-refractivity contribution < 1.29 is 19.5 Å². The highest BCUT2D eigenvalue weighted by Gasteiger charge is 2.22. The molecule has 6 nitrogen and oxygen atoms in total. The van der Waals surface area contributed by atoms with E-state index in [1.165, 1.54) is 11.8 Å². The van der Waals surface area contributed by atoms with Crippen LogP contribution in [0, 0.1) is 0 Å². The lowest BCUT2D eigenvalue weighted by atomic mass is 10.2. The van der Waals surface area contributed by atoms with E-state index in [4.69, 9.17) is 22.4 Å². The second kappa shape index (κ2) is 7.76. The summed E-state index contributed by atoms with van der Waals surface area (Å²) in [5.74, 6) is -2.62. The first kappa shape index (κ1) is 16.3. The summed E-state index contributed by atoms with van der Waals surface area (Å²) < 4.78 is 0. The van der Waals surface area contributed by atoms with E-state index in [9.17, 15) is 14.4 Å². The van der Waals surface area contributed by atoms with E-state index in [-0.39, 0.29) is 5.75 Å². The lowest BCUT2D eigenvalue weighted by Crippen LogP contribution is -2.44. The Bertz CT molecular complexity index is 524. The number of hydrogen-bond acceptors (Lipinski definition) is 4. The highest BCUT2D eigenvalue weighted by Crippen LogP contribution is 2.26. The van der Waals surface area contributed by atoms with Crippen LogP contribution in [-0.4, -0.2) is 34.7 Å². The number of benzene rings is 1. The molecule has 2 amide bonds. The van der Waals surface area contributed by atoms with Crippen molar-refractivity contribution in [2.75, 3.05) is 5.75 Å². The lowest BCUT2D eigenvalue weighted by Gasteiger charge is -2.12. The predicted molar refractivity (Wildman–Crippen MR) is 75.6 cm³/mol. The number of carboxylic acid groups (broad SMARTS) is 1. The highest BCUT2D eigenvalue weighted by molar-refractivity contribution is 8.00. The van der Waals surface area contributed by atoms with Crippen LogP contribution in [0.15, 0.2) is 29.2 Å². The van der Waals surface area contributed by atoms with Gasteiger partial charge in [0.2, 0.25) is 11.8 Å².